The zero-order valence-electron chi connectivity index (χ0n) is 12.6. The molecular weight excluding hydrogens is 288 g/mol. The molecule has 0 bridgehead atoms. The number of rotatable bonds is 2. The monoisotopic (exact) mass is 308 g/mol. The zero-order chi connectivity index (χ0) is 14.8. The number of benzene rings is 2. The molecule has 1 heterocycles. The molecule has 112 valence electrons. The van der Waals surface area contributed by atoms with Crippen LogP contribution in [0.1, 0.15) is 37.7 Å². The average molecular weight is 308 g/mol. The summed E-state index contributed by atoms with van der Waals surface area (Å²) >= 11 is 1.97. The molecular formula is C19H20N2S. The van der Waals surface area contributed by atoms with Gasteiger partial charge in [0.05, 0.1) is 5.69 Å². The summed E-state index contributed by atoms with van der Waals surface area (Å²) in [6.07, 6.45) is 6.38. The Labute approximate surface area is 136 Å². The number of thioether (sulfide) groups is 1. The van der Waals surface area contributed by atoms with E-state index in [0.29, 0.717) is 0 Å². The SMILES string of the molecule is c1ccc(C2=NN(c3ccccc3)C3(CCCCC3)S2)cc1. The molecule has 2 aromatic carbocycles. The second-order valence-corrected chi connectivity index (χ2v) is 7.38. The molecule has 1 saturated carbocycles. The summed E-state index contributed by atoms with van der Waals surface area (Å²) in [5, 5.41) is 8.47. The van der Waals surface area contributed by atoms with Gasteiger partial charge in [-0.25, -0.2) is 5.01 Å². The lowest BCUT2D eigenvalue weighted by Crippen LogP contribution is -2.41. The Morgan fingerprint density at radius 3 is 2.14 bits per heavy atom. The summed E-state index contributed by atoms with van der Waals surface area (Å²) in [6, 6.07) is 21.2. The number of nitrogens with zero attached hydrogens (tertiary/aromatic N) is 2. The van der Waals surface area contributed by atoms with Gasteiger partial charge in [0.25, 0.3) is 0 Å². The first-order valence-electron chi connectivity index (χ1n) is 8.06. The molecule has 22 heavy (non-hydrogen) atoms. The molecule has 0 amide bonds. The first-order valence-corrected chi connectivity index (χ1v) is 8.87. The lowest BCUT2D eigenvalue weighted by atomic mass is 9.94. The Hall–Kier alpha value is -1.74. The standard InChI is InChI=1S/C19H20N2S/c1-4-10-16(11-5-1)18-20-21(17-12-6-2-7-13-17)19(22-18)14-8-3-9-15-19/h1-2,4-7,10-13H,3,8-9,14-15H2. The van der Waals surface area contributed by atoms with Gasteiger partial charge in [-0.2, -0.15) is 5.10 Å². The fraction of sp³-hybridized carbons (Fsp3) is 0.316. The van der Waals surface area contributed by atoms with E-state index in [4.69, 9.17) is 5.10 Å². The molecule has 1 aliphatic heterocycles. The molecule has 3 heteroatoms. The van der Waals surface area contributed by atoms with Crippen molar-refractivity contribution in [2.75, 3.05) is 5.01 Å². The molecule has 2 nitrogen and oxygen atoms in total. The van der Waals surface area contributed by atoms with Gasteiger partial charge in [0.1, 0.15) is 9.91 Å². The highest BCUT2D eigenvalue weighted by Crippen LogP contribution is 2.50. The van der Waals surface area contributed by atoms with Crippen molar-refractivity contribution >= 4 is 22.5 Å². The predicted octanol–water partition coefficient (Wildman–Crippen LogP) is 5.26. The predicted molar refractivity (Wildman–Crippen MR) is 95.3 cm³/mol. The van der Waals surface area contributed by atoms with Crippen molar-refractivity contribution in [3.8, 4) is 0 Å². The molecule has 4 rings (SSSR count). The third-order valence-electron chi connectivity index (χ3n) is 4.52. The zero-order valence-corrected chi connectivity index (χ0v) is 13.4. The highest BCUT2D eigenvalue weighted by Gasteiger charge is 2.45. The van der Waals surface area contributed by atoms with Crippen LogP contribution in [0.4, 0.5) is 5.69 Å². The van der Waals surface area contributed by atoms with Gasteiger partial charge in [0.2, 0.25) is 0 Å². The quantitative estimate of drug-likeness (QED) is 0.752. The van der Waals surface area contributed by atoms with E-state index in [1.165, 1.54) is 43.4 Å². The number of para-hydroxylation sites is 1. The van der Waals surface area contributed by atoms with Gasteiger partial charge >= 0.3 is 0 Å². The van der Waals surface area contributed by atoms with Gasteiger partial charge in [0, 0.05) is 5.56 Å². The molecule has 2 aromatic rings. The largest absolute Gasteiger partial charge is 0.248 e. The summed E-state index contributed by atoms with van der Waals surface area (Å²) < 4.78 is 0. The fourth-order valence-corrected chi connectivity index (χ4v) is 4.87. The van der Waals surface area contributed by atoms with E-state index < -0.39 is 0 Å². The molecule has 0 saturated heterocycles. The molecule has 0 N–H and O–H groups in total. The van der Waals surface area contributed by atoms with E-state index in [1.54, 1.807) is 0 Å². The van der Waals surface area contributed by atoms with E-state index in [-0.39, 0.29) is 4.87 Å². The maximum Gasteiger partial charge on any atom is 0.126 e. The summed E-state index contributed by atoms with van der Waals surface area (Å²) in [5.41, 5.74) is 2.44. The van der Waals surface area contributed by atoms with Gasteiger partial charge < -0.3 is 0 Å². The van der Waals surface area contributed by atoms with E-state index in [9.17, 15) is 0 Å². The smallest absolute Gasteiger partial charge is 0.126 e. The van der Waals surface area contributed by atoms with Crippen molar-refractivity contribution in [3.05, 3.63) is 66.2 Å². The number of anilines is 1. The van der Waals surface area contributed by atoms with Crippen LogP contribution in [0.2, 0.25) is 0 Å². The molecule has 1 spiro atoms. The van der Waals surface area contributed by atoms with Crippen LogP contribution in [0.15, 0.2) is 65.8 Å². The minimum Gasteiger partial charge on any atom is -0.248 e. The number of hydrazone groups is 1. The molecule has 1 aliphatic carbocycles. The van der Waals surface area contributed by atoms with Crippen LogP contribution in [0, 0.1) is 0 Å². The van der Waals surface area contributed by atoms with Crippen molar-refractivity contribution in [2.24, 2.45) is 5.10 Å². The van der Waals surface area contributed by atoms with Crippen LogP contribution in [0.3, 0.4) is 0 Å². The molecule has 0 aromatic heterocycles. The van der Waals surface area contributed by atoms with Crippen molar-refractivity contribution in [2.45, 2.75) is 37.0 Å². The first-order chi connectivity index (χ1) is 10.9. The molecule has 0 unspecified atom stereocenters. The maximum absolute atomic E-state index is 5.02. The van der Waals surface area contributed by atoms with Crippen LogP contribution >= 0.6 is 11.8 Å². The highest BCUT2D eigenvalue weighted by atomic mass is 32.2. The highest BCUT2D eigenvalue weighted by molar-refractivity contribution is 8.16. The Kier molecular flexibility index (Phi) is 3.67. The van der Waals surface area contributed by atoms with Crippen molar-refractivity contribution in [1.29, 1.82) is 0 Å². The fourth-order valence-electron chi connectivity index (χ4n) is 3.40. The van der Waals surface area contributed by atoms with E-state index >= 15 is 0 Å². The third-order valence-corrected chi connectivity index (χ3v) is 5.99. The van der Waals surface area contributed by atoms with Gasteiger partial charge in [-0.3, -0.25) is 0 Å². The van der Waals surface area contributed by atoms with E-state index in [2.05, 4.69) is 65.7 Å². The third kappa shape index (κ3) is 2.44. The van der Waals surface area contributed by atoms with Crippen LogP contribution < -0.4 is 5.01 Å². The topological polar surface area (TPSA) is 15.6 Å². The van der Waals surface area contributed by atoms with Crippen molar-refractivity contribution in [1.82, 2.24) is 0 Å². The maximum atomic E-state index is 5.02. The van der Waals surface area contributed by atoms with Crippen LogP contribution in [-0.4, -0.2) is 9.91 Å². The van der Waals surface area contributed by atoms with Crippen LogP contribution in [-0.2, 0) is 0 Å². The Morgan fingerprint density at radius 2 is 1.45 bits per heavy atom. The van der Waals surface area contributed by atoms with Crippen LogP contribution in [0.25, 0.3) is 0 Å². The number of hydrogen-bond acceptors (Lipinski definition) is 3. The second-order valence-electron chi connectivity index (χ2n) is 6.03. The Morgan fingerprint density at radius 1 is 0.818 bits per heavy atom. The lowest BCUT2D eigenvalue weighted by molar-refractivity contribution is 0.389. The minimum atomic E-state index is 0.116. The molecule has 2 aliphatic rings. The van der Waals surface area contributed by atoms with Gasteiger partial charge in [0.15, 0.2) is 0 Å². The first kappa shape index (κ1) is 13.9. The lowest BCUT2D eigenvalue weighted by Gasteiger charge is -2.39. The number of hydrogen-bond donors (Lipinski definition) is 0. The van der Waals surface area contributed by atoms with Crippen LogP contribution in [0.5, 0.6) is 0 Å². The summed E-state index contributed by atoms with van der Waals surface area (Å²) in [6.45, 7) is 0. The normalized spacial score (nSPS) is 20.2. The summed E-state index contributed by atoms with van der Waals surface area (Å²) in [5.74, 6) is 0. The average Bonchev–Trinajstić information content (AvgIpc) is 2.96. The minimum absolute atomic E-state index is 0.116. The van der Waals surface area contributed by atoms with E-state index in [1.807, 2.05) is 11.8 Å². The van der Waals surface area contributed by atoms with Gasteiger partial charge in [-0.15, -0.1) is 0 Å². The molecule has 0 atom stereocenters. The second kappa shape index (κ2) is 5.81. The van der Waals surface area contributed by atoms with E-state index in [0.717, 1.165) is 5.04 Å². The molecule has 0 radical (unpaired) electrons. The summed E-state index contributed by atoms with van der Waals surface area (Å²) in [7, 11) is 0. The Bertz CT molecular complexity index is 660. The van der Waals surface area contributed by atoms with Crippen molar-refractivity contribution in [3.63, 3.8) is 0 Å². The van der Waals surface area contributed by atoms with Crippen molar-refractivity contribution < 1.29 is 0 Å². The Balaban J connectivity index is 1.74. The molecule has 1 fully saturated rings. The van der Waals surface area contributed by atoms with Gasteiger partial charge in [-0.1, -0.05) is 79.6 Å². The summed E-state index contributed by atoms with van der Waals surface area (Å²) in [4.78, 5) is 0.116. The van der Waals surface area contributed by atoms with Gasteiger partial charge in [-0.05, 0) is 25.0 Å².